The topological polar surface area (TPSA) is 38.0 Å². The molecule has 0 saturated heterocycles. The van der Waals surface area contributed by atoms with Gasteiger partial charge in [0.1, 0.15) is 29.3 Å². The van der Waals surface area contributed by atoms with E-state index in [-0.39, 0.29) is 22.4 Å². The summed E-state index contributed by atoms with van der Waals surface area (Å²) in [6.07, 6.45) is 0. The highest BCUT2D eigenvalue weighted by molar-refractivity contribution is 6.56. The number of hydrogen-bond donors (Lipinski definition) is 1. The molecule has 0 aliphatic rings. The van der Waals surface area contributed by atoms with Crippen molar-refractivity contribution in [3.05, 3.63) is 24.3 Å². The van der Waals surface area contributed by atoms with E-state index in [0.29, 0.717) is 5.69 Å². The number of aromatic hydroxyl groups is 1. The van der Waals surface area contributed by atoms with Crippen LogP contribution in [-0.4, -0.2) is 38.4 Å². The van der Waals surface area contributed by atoms with Crippen LogP contribution in [0.3, 0.4) is 0 Å². The average molecular weight is 190 g/mol. The minimum Gasteiger partial charge on any atom is -0.508 e. The lowest BCUT2D eigenvalue weighted by Crippen LogP contribution is -2.35. The van der Waals surface area contributed by atoms with Gasteiger partial charge in [0.2, 0.25) is 0 Å². The Kier molecular flexibility index (Phi) is 2.35. The van der Waals surface area contributed by atoms with E-state index in [1.165, 1.54) is 16.8 Å². The summed E-state index contributed by atoms with van der Waals surface area (Å²) in [5.74, 6) is 0.172. The molecule has 3 nitrogen and oxygen atoms in total. The number of aromatic nitrogens is 2. The van der Waals surface area contributed by atoms with Crippen molar-refractivity contribution in [1.82, 2.24) is 9.78 Å². The van der Waals surface area contributed by atoms with E-state index in [9.17, 15) is 0 Å². The van der Waals surface area contributed by atoms with Crippen LogP contribution in [0.25, 0.3) is 5.69 Å². The van der Waals surface area contributed by atoms with Gasteiger partial charge in [-0.3, -0.25) is 0 Å². The standard InChI is InChI=1S/C9H5B3N2O/c10-7-8(11)13-14(9(7)12)5-1-3-6(15)4-2-5/h1-4,15H. The number of rotatable bonds is 1. The molecule has 0 atom stereocenters. The van der Waals surface area contributed by atoms with Gasteiger partial charge in [0, 0.05) is 5.59 Å². The monoisotopic (exact) mass is 190 g/mol. The maximum Gasteiger partial charge on any atom is 0.143 e. The first-order valence-electron chi connectivity index (χ1n) is 4.28. The highest BCUT2D eigenvalue weighted by atomic mass is 16.3. The van der Waals surface area contributed by atoms with Gasteiger partial charge in [-0.15, -0.1) is 0 Å². The van der Waals surface area contributed by atoms with Crippen LogP contribution >= 0.6 is 0 Å². The predicted octanol–water partition coefficient (Wildman–Crippen LogP) is -2.04. The van der Waals surface area contributed by atoms with Gasteiger partial charge in [0.15, 0.2) is 0 Å². The van der Waals surface area contributed by atoms with Gasteiger partial charge >= 0.3 is 0 Å². The summed E-state index contributed by atoms with van der Waals surface area (Å²) < 4.78 is 1.42. The van der Waals surface area contributed by atoms with Gasteiger partial charge in [-0.2, -0.15) is 5.10 Å². The zero-order valence-corrected chi connectivity index (χ0v) is 7.88. The normalized spacial score (nSPS) is 10.4. The predicted molar refractivity (Wildman–Crippen MR) is 61.4 cm³/mol. The van der Waals surface area contributed by atoms with Crippen molar-refractivity contribution in [3.63, 3.8) is 0 Å². The van der Waals surface area contributed by atoms with Crippen molar-refractivity contribution in [2.24, 2.45) is 0 Å². The summed E-state index contributed by atoms with van der Waals surface area (Å²) in [7, 11) is 16.8. The fourth-order valence-corrected chi connectivity index (χ4v) is 1.25. The van der Waals surface area contributed by atoms with Gasteiger partial charge in [-0.1, -0.05) is 5.46 Å². The SMILES string of the molecule is [B]c1nn(-c2ccc(O)cc2)c([B])c1[B]. The quantitative estimate of drug-likeness (QED) is 0.525. The third kappa shape index (κ3) is 1.67. The largest absolute Gasteiger partial charge is 0.508 e. The van der Waals surface area contributed by atoms with Crippen molar-refractivity contribution in [3.8, 4) is 11.4 Å². The molecule has 2 rings (SSSR count). The molecule has 1 N–H and O–H groups in total. The fraction of sp³-hybridized carbons (Fsp3) is 0. The first kappa shape index (κ1) is 9.96. The molecule has 1 aromatic carbocycles. The van der Waals surface area contributed by atoms with Gasteiger partial charge in [-0.25, -0.2) is 4.68 Å². The smallest absolute Gasteiger partial charge is 0.143 e. The van der Waals surface area contributed by atoms with Crippen LogP contribution < -0.4 is 16.6 Å². The molecule has 2 aromatic rings. The van der Waals surface area contributed by atoms with Gasteiger partial charge < -0.3 is 5.11 Å². The van der Waals surface area contributed by atoms with E-state index in [2.05, 4.69) is 5.10 Å². The molecular formula is C9H5B3N2O. The first-order chi connectivity index (χ1) is 7.09. The molecule has 0 spiro atoms. The molecule has 0 aliphatic heterocycles. The van der Waals surface area contributed by atoms with E-state index in [1.807, 2.05) is 0 Å². The second kappa shape index (κ2) is 3.53. The maximum atomic E-state index is 9.12. The van der Waals surface area contributed by atoms with Crippen molar-refractivity contribution >= 4 is 40.2 Å². The molecule has 1 heterocycles. The maximum absolute atomic E-state index is 9.12. The Morgan fingerprint density at radius 3 is 2.13 bits per heavy atom. The molecule has 0 amide bonds. The van der Waals surface area contributed by atoms with E-state index >= 15 is 0 Å². The Morgan fingerprint density at radius 1 is 1.07 bits per heavy atom. The second-order valence-corrected chi connectivity index (χ2v) is 3.11. The highest BCUT2D eigenvalue weighted by Gasteiger charge is 2.06. The van der Waals surface area contributed by atoms with Crippen LogP contribution in [0.1, 0.15) is 0 Å². The number of hydrogen-bond acceptors (Lipinski definition) is 2. The molecule has 0 saturated carbocycles. The van der Waals surface area contributed by atoms with Crippen molar-refractivity contribution in [1.29, 1.82) is 0 Å². The van der Waals surface area contributed by atoms with Gasteiger partial charge in [-0.05, 0) is 29.9 Å². The van der Waals surface area contributed by atoms with Crippen LogP contribution in [0.4, 0.5) is 0 Å². The molecule has 0 fully saturated rings. The van der Waals surface area contributed by atoms with E-state index < -0.39 is 0 Å². The summed E-state index contributed by atoms with van der Waals surface area (Å²) in [5.41, 5.74) is 1.44. The summed E-state index contributed by atoms with van der Waals surface area (Å²) in [6, 6.07) is 6.39. The Hall–Kier alpha value is -1.58. The summed E-state index contributed by atoms with van der Waals surface area (Å²) >= 11 is 0. The second-order valence-electron chi connectivity index (χ2n) is 3.11. The molecule has 0 unspecified atom stereocenters. The third-order valence-electron chi connectivity index (χ3n) is 2.08. The average Bonchev–Trinajstić information content (AvgIpc) is 2.47. The number of phenolic OH excluding ortho intramolecular Hbond substituents is 1. The Bertz CT molecular complexity index is 493. The summed E-state index contributed by atoms with van der Waals surface area (Å²) in [4.78, 5) is 0. The molecule has 6 heteroatoms. The van der Waals surface area contributed by atoms with Crippen molar-refractivity contribution in [2.75, 3.05) is 0 Å². The van der Waals surface area contributed by atoms with Crippen LogP contribution in [0.5, 0.6) is 5.75 Å². The molecule has 66 valence electrons. The molecule has 15 heavy (non-hydrogen) atoms. The van der Waals surface area contributed by atoms with Crippen LogP contribution in [0, 0.1) is 0 Å². The summed E-state index contributed by atoms with van der Waals surface area (Å²) in [5, 5.41) is 13.1. The molecule has 0 bridgehead atoms. The van der Waals surface area contributed by atoms with Gasteiger partial charge in [0.05, 0.1) is 5.69 Å². The number of phenols is 1. The van der Waals surface area contributed by atoms with Gasteiger partial charge in [0.25, 0.3) is 0 Å². The lowest BCUT2D eigenvalue weighted by Gasteiger charge is -2.05. The van der Waals surface area contributed by atoms with E-state index in [4.69, 9.17) is 28.6 Å². The zero-order chi connectivity index (χ0) is 11.0. The van der Waals surface area contributed by atoms with E-state index in [0.717, 1.165) is 0 Å². The Labute approximate surface area is 91.3 Å². The lowest BCUT2D eigenvalue weighted by atomic mass is 9.80. The third-order valence-corrected chi connectivity index (χ3v) is 2.08. The Balaban J connectivity index is 2.54. The minimum atomic E-state index is 0.172. The molecule has 0 aliphatic carbocycles. The lowest BCUT2D eigenvalue weighted by molar-refractivity contribution is 0.475. The van der Waals surface area contributed by atoms with Crippen LogP contribution in [0.15, 0.2) is 24.3 Å². The molecule has 1 aromatic heterocycles. The van der Waals surface area contributed by atoms with Crippen molar-refractivity contribution < 1.29 is 5.11 Å². The Morgan fingerprint density at radius 2 is 1.67 bits per heavy atom. The minimum absolute atomic E-state index is 0.172. The fourth-order valence-electron chi connectivity index (χ4n) is 1.25. The summed E-state index contributed by atoms with van der Waals surface area (Å²) in [6.45, 7) is 0. The number of benzene rings is 1. The zero-order valence-electron chi connectivity index (χ0n) is 7.88. The number of nitrogens with zero attached hydrogens (tertiary/aromatic N) is 2. The van der Waals surface area contributed by atoms with Crippen molar-refractivity contribution in [2.45, 2.75) is 0 Å². The first-order valence-corrected chi connectivity index (χ1v) is 4.28. The van der Waals surface area contributed by atoms with Crippen LogP contribution in [0.2, 0.25) is 0 Å². The molecular weight excluding hydrogens is 185 g/mol. The highest BCUT2D eigenvalue weighted by Crippen LogP contribution is 2.11. The van der Waals surface area contributed by atoms with E-state index in [1.54, 1.807) is 12.1 Å². The van der Waals surface area contributed by atoms with Crippen LogP contribution in [-0.2, 0) is 0 Å². The molecule has 6 radical (unpaired) electrons.